The van der Waals surface area contributed by atoms with Gasteiger partial charge < -0.3 is 20.6 Å². The SMILES string of the molecule is CC1(C)C(=O)NCCN1C(=O)Nc1cccnc1C(=O)O. The summed E-state index contributed by atoms with van der Waals surface area (Å²) in [6.07, 6.45) is 1.33. The highest BCUT2D eigenvalue weighted by atomic mass is 16.4. The Morgan fingerprint density at radius 3 is 2.86 bits per heavy atom. The quantitative estimate of drug-likeness (QED) is 0.736. The van der Waals surface area contributed by atoms with Gasteiger partial charge in [-0.25, -0.2) is 14.6 Å². The Morgan fingerprint density at radius 1 is 1.48 bits per heavy atom. The highest BCUT2D eigenvalue weighted by Crippen LogP contribution is 2.20. The van der Waals surface area contributed by atoms with Gasteiger partial charge in [-0.1, -0.05) is 0 Å². The monoisotopic (exact) mass is 292 g/mol. The minimum Gasteiger partial charge on any atom is -0.476 e. The van der Waals surface area contributed by atoms with E-state index in [-0.39, 0.29) is 17.3 Å². The second-order valence-electron chi connectivity index (χ2n) is 5.10. The summed E-state index contributed by atoms with van der Waals surface area (Å²) in [7, 11) is 0. The Balaban J connectivity index is 2.22. The summed E-state index contributed by atoms with van der Waals surface area (Å²) < 4.78 is 0. The first-order chi connectivity index (χ1) is 9.84. The van der Waals surface area contributed by atoms with Gasteiger partial charge in [0.05, 0.1) is 5.69 Å². The van der Waals surface area contributed by atoms with Gasteiger partial charge in [-0.15, -0.1) is 0 Å². The van der Waals surface area contributed by atoms with Crippen LogP contribution in [0, 0.1) is 0 Å². The molecule has 0 radical (unpaired) electrons. The third kappa shape index (κ3) is 2.78. The van der Waals surface area contributed by atoms with Gasteiger partial charge in [0.15, 0.2) is 5.69 Å². The van der Waals surface area contributed by atoms with Crippen LogP contribution in [0.2, 0.25) is 0 Å². The molecule has 21 heavy (non-hydrogen) atoms. The molecule has 3 N–H and O–H groups in total. The fraction of sp³-hybridized carbons (Fsp3) is 0.385. The maximum Gasteiger partial charge on any atom is 0.356 e. The molecule has 8 heteroatoms. The average molecular weight is 292 g/mol. The molecule has 0 atom stereocenters. The Hall–Kier alpha value is -2.64. The van der Waals surface area contributed by atoms with Crippen LogP contribution in [0.15, 0.2) is 18.3 Å². The van der Waals surface area contributed by atoms with Crippen LogP contribution in [-0.2, 0) is 4.79 Å². The number of hydrogen-bond acceptors (Lipinski definition) is 4. The zero-order valence-electron chi connectivity index (χ0n) is 11.7. The maximum absolute atomic E-state index is 12.3. The third-order valence-electron chi connectivity index (χ3n) is 3.35. The van der Waals surface area contributed by atoms with Crippen molar-refractivity contribution in [2.45, 2.75) is 19.4 Å². The minimum atomic E-state index is -1.23. The van der Waals surface area contributed by atoms with Crippen molar-refractivity contribution < 1.29 is 19.5 Å². The first-order valence-electron chi connectivity index (χ1n) is 6.39. The Morgan fingerprint density at radius 2 is 2.19 bits per heavy atom. The van der Waals surface area contributed by atoms with Gasteiger partial charge in [0.2, 0.25) is 5.91 Å². The molecule has 1 aromatic heterocycles. The van der Waals surface area contributed by atoms with E-state index >= 15 is 0 Å². The predicted molar refractivity (Wildman–Crippen MR) is 74.0 cm³/mol. The van der Waals surface area contributed by atoms with Crippen molar-refractivity contribution in [2.75, 3.05) is 18.4 Å². The van der Waals surface area contributed by atoms with E-state index in [1.807, 2.05) is 0 Å². The summed E-state index contributed by atoms with van der Waals surface area (Å²) in [6.45, 7) is 3.95. The highest BCUT2D eigenvalue weighted by molar-refractivity contribution is 6.00. The van der Waals surface area contributed by atoms with Crippen LogP contribution in [0.3, 0.4) is 0 Å². The van der Waals surface area contributed by atoms with E-state index in [1.165, 1.54) is 23.2 Å². The summed E-state index contributed by atoms with van der Waals surface area (Å²) in [5, 5.41) is 14.2. The molecule has 1 aromatic rings. The number of piperazine rings is 1. The lowest BCUT2D eigenvalue weighted by atomic mass is 9.99. The van der Waals surface area contributed by atoms with E-state index in [4.69, 9.17) is 5.11 Å². The number of rotatable bonds is 2. The molecule has 1 fully saturated rings. The molecule has 2 heterocycles. The van der Waals surface area contributed by atoms with Crippen molar-refractivity contribution in [3.8, 4) is 0 Å². The second-order valence-corrected chi connectivity index (χ2v) is 5.10. The van der Waals surface area contributed by atoms with E-state index in [1.54, 1.807) is 13.8 Å². The molecule has 3 amide bonds. The predicted octanol–water partition coefficient (Wildman–Crippen LogP) is 0.522. The first-order valence-corrected chi connectivity index (χ1v) is 6.39. The highest BCUT2D eigenvalue weighted by Gasteiger charge is 2.40. The van der Waals surface area contributed by atoms with Gasteiger partial charge in [-0.2, -0.15) is 0 Å². The number of urea groups is 1. The average Bonchev–Trinajstić information content (AvgIpc) is 2.42. The molecular formula is C13H16N4O4. The lowest BCUT2D eigenvalue weighted by Crippen LogP contribution is -2.64. The standard InChI is InChI=1S/C13H16N4O4/c1-13(2)11(20)15-6-7-17(13)12(21)16-8-4-3-5-14-9(8)10(18)19/h3-5H,6-7H2,1-2H3,(H,15,20)(H,16,21)(H,18,19). The van der Waals surface area contributed by atoms with E-state index in [2.05, 4.69) is 15.6 Å². The van der Waals surface area contributed by atoms with E-state index in [0.717, 1.165) is 0 Å². The number of anilines is 1. The van der Waals surface area contributed by atoms with Crippen LogP contribution in [0.4, 0.5) is 10.5 Å². The molecule has 0 aliphatic carbocycles. The molecule has 112 valence electrons. The lowest BCUT2D eigenvalue weighted by Gasteiger charge is -2.40. The lowest BCUT2D eigenvalue weighted by molar-refractivity contribution is -0.132. The van der Waals surface area contributed by atoms with Crippen molar-refractivity contribution in [3.05, 3.63) is 24.0 Å². The molecule has 0 bridgehead atoms. The van der Waals surface area contributed by atoms with Gasteiger partial charge >= 0.3 is 12.0 Å². The van der Waals surface area contributed by atoms with Crippen LogP contribution in [-0.4, -0.2) is 51.5 Å². The fourth-order valence-electron chi connectivity index (χ4n) is 2.11. The summed E-state index contributed by atoms with van der Waals surface area (Å²) in [4.78, 5) is 40.3. The molecular weight excluding hydrogens is 276 g/mol. The Bertz CT molecular complexity index is 600. The van der Waals surface area contributed by atoms with Crippen molar-refractivity contribution in [1.29, 1.82) is 0 Å². The molecule has 0 spiro atoms. The number of pyridine rings is 1. The molecule has 1 aliphatic rings. The summed E-state index contributed by atoms with van der Waals surface area (Å²) in [6, 6.07) is 2.44. The molecule has 0 saturated carbocycles. The number of carbonyl (C=O) groups excluding carboxylic acids is 2. The second kappa shape index (κ2) is 5.39. The molecule has 1 aliphatic heterocycles. The molecule has 1 saturated heterocycles. The molecule has 2 rings (SSSR count). The first kappa shape index (κ1) is 14.8. The van der Waals surface area contributed by atoms with E-state index in [0.29, 0.717) is 13.1 Å². The number of carbonyl (C=O) groups is 3. The van der Waals surface area contributed by atoms with Crippen molar-refractivity contribution >= 4 is 23.6 Å². The van der Waals surface area contributed by atoms with Crippen LogP contribution in [0.1, 0.15) is 24.3 Å². The number of hydrogen-bond donors (Lipinski definition) is 3. The minimum absolute atomic E-state index is 0.0942. The number of nitrogens with zero attached hydrogens (tertiary/aromatic N) is 2. The molecule has 0 aromatic carbocycles. The van der Waals surface area contributed by atoms with E-state index < -0.39 is 17.5 Å². The van der Waals surface area contributed by atoms with Gasteiger partial charge in [0.25, 0.3) is 0 Å². The largest absolute Gasteiger partial charge is 0.476 e. The fourth-order valence-corrected chi connectivity index (χ4v) is 2.11. The van der Waals surface area contributed by atoms with Crippen LogP contribution in [0.5, 0.6) is 0 Å². The number of aromatic carboxylic acids is 1. The van der Waals surface area contributed by atoms with Crippen molar-refractivity contribution in [2.24, 2.45) is 0 Å². The smallest absolute Gasteiger partial charge is 0.356 e. The summed E-state index contributed by atoms with van der Waals surface area (Å²) in [5.74, 6) is -1.49. The topological polar surface area (TPSA) is 112 Å². The van der Waals surface area contributed by atoms with Crippen LogP contribution < -0.4 is 10.6 Å². The summed E-state index contributed by atoms with van der Waals surface area (Å²) in [5.41, 5.74) is -1.16. The normalized spacial score (nSPS) is 17.0. The number of carboxylic acids is 1. The molecule has 8 nitrogen and oxygen atoms in total. The van der Waals surface area contributed by atoms with E-state index in [9.17, 15) is 14.4 Å². The zero-order valence-corrected chi connectivity index (χ0v) is 11.7. The number of aromatic nitrogens is 1. The van der Waals surface area contributed by atoms with Gasteiger partial charge in [-0.05, 0) is 26.0 Å². The number of nitrogens with one attached hydrogen (secondary N) is 2. The van der Waals surface area contributed by atoms with Gasteiger partial charge in [0, 0.05) is 19.3 Å². The third-order valence-corrected chi connectivity index (χ3v) is 3.35. The number of carboxylic acid groups (broad SMARTS) is 1. The van der Waals surface area contributed by atoms with Crippen molar-refractivity contribution in [3.63, 3.8) is 0 Å². The maximum atomic E-state index is 12.3. The van der Waals surface area contributed by atoms with Gasteiger partial charge in [-0.3, -0.25) is 4.79 Å². The zero-order chi connectivity index (χ0) is 15.6. The Labute approximate surface area is 121 Å². The Kier molecular flexibility index (Phi) is 3.79. The number of amides is 3. The molecule has 0 unspecified atom stereocenters. The van der Waals surface area contributed by atoms with Crippen LogP contribution >= 0.6 is 0 Å². The van der Waals surface area contributed by atoms with Crippen LogP contribution in [0.25, 0.3) is 0 Å². The summed E-state index contributed by atoms with van der Waals surface area (Å²) >= 11 is 0. The van der Waals surface area contributed by atoms with Crippen molar-refractivity contribution in [1.82, 2.24) is 15.2 Å². The van der Waals surface area contributed by atoms with Gasteiger partial charge in [0.1, 0.15) is 5.54 Å².